The molecular weight excluding hydrogens is 226 g/mol. The number of amides is 1. The summed E-state index contributed by atoms with van der Waals surface area (Å²) in [7, 11) is 0. The molecule has 0 saturated carbocycles. The zero-order valence-electron chi connectivity index (χ0n) is 11.4. The van der Waals surface area contributed by atoms with E-state index in [1.54, 1.807) is 6.20 Å². The van der Waals surface area contributed by atoms with Crippen LogP contribution in [0.5, 0.6) is 0 Å². The lowest BCUT2D eigenvalue weighted by Crippen LogP contribution is -2.37. The molecule has 0 aliphatic rings. The summed E-state index contributed by atoms with van der Waals surface area (Å²) in [5.41, 5.74) is 6.53. The number of nitrogens with zero attached hydrogens (tertiary/aromatic N) is 1. The van der Waals surface area contributed by atoms with Gasteiger partial charge in [-0.15, -0.1) is 0 Å². The van der Waals surface area contributed by atoms with Gasteiger partial charge in [-0.3, -0.25) is 9.78 Å². The molecule has 1 heterocycles. The van der Waals surface area contributed by atoms with E-state index in [0.29, 0.717) is 12.5 Å². The second kappa shape index (κ2) is 7.11. The Bertz CT molecular complexity index is 365. The lowest BCUT2D eigenvalue weighted by atomic mass is 9.96. The summed E-state index contributed by atoms with van der Waals surface area (Å²) < 4.78 is 0. The Morgan fingerprint density at radius 2 is 2.11 bits per heavy atom. The van der Waals surface area contributed by atoms with Crippen molar-refractivity contribution in [2.75, 3.05) is 6.54 Å². The SMILES string of the molecule is CC(C)CC(CN)C(=O)NC(C)c1ccccn1. The summed E-state index contributed by atoms with van der Waals surface area (Å²) in [5.74, 6) is 0.370. The third kappa shape index (κ3) is 4.45. The number of rotatable bonds is 6. The van der Waals surface area contributed by atoms with Crippen LogP contribution >= 0.6 is 0 Å². The summed E-state index contributed by atoms with van der Waals surface area (Å²) in [6.07, 6.45) is 2.55. The molecule has 4 heteroatoms. The normalized spacial score (nSPS) is 14.3. The van der Waals surface area contributed by atoms with Crippen LogP contribution in [0.1, 0.15) is 38.9 Å². The van der Waals surface area contributed by atoms with Gasteiger partial charge in [0.1, 0.15) is 0 Å². The van der Waals surface area contributed by atoms with E-state index in [1.165, 1.54) is 0 Å². The van der Waals surface area contributed by atoms with Gasteiger partial charge in [-0.25, -0.2) is 0 Å². The van der Waals surface area contributed by atoms with Gasteiger partial charge < -0.3 is 11.1 Å². The molecular formula is C14H23N3O. The monoisotopic (exact) mass is 249 g/mol. The van der Waals surface area contributed by atoms with E-state index in [9.17, 15) is 4.79 Å². The van der Waals surface area contributed by atoms with E-state index in [-0.39, 0.29) is 17.9 Å². The van der Waals surface area contributed by atoms with Gasteiger partial charge >= 0.3 is 0 Å². The molecule has 1 amide bonds. The van der Waals surface area contributed by atoms with Crippen LogP contribution in [0.3, 0.4) is 0 Å². The molecule has 1 aromatic rings. The van der Waals surface area contributed by atoms with Crippen LogP contribution in [0.4, 0.5) is 0 Å². The number of nitrogens with one attached hydrogen (secondary N) is 1. The van der Waals surface area contributed by atoms with Crippen LogP contribution in [0.2, 0.25) is 0 Å². The first kappa shape index (κ1) is 14.6. The van der Waals surface area contributed by atoms with Gasteiger partial charge in [-0.1, -0.05) is 19.9 Å². The summed E-state index contributed by atoms with van der Waals surface area (Å²) >= 11 is 0. The van der Waals surface area contributed by atoms with E-state index >= 15 is 0 Å². The van der Waals surface area contributed by atoms with Gasteiger partial charge in [0.05, 0.1) is 17.7 Å². The Hall–Kier alpha value is -1.42. The van der Waals surface area contributed by atoms with Crippen LogP contribution in [0.15, 0.2) is 24.4 Å². The highest BCUT2D eigenvalue weighted by atomic mass is 16.1. The molecule has 2 atom stereocenters. The number of hydrogen-bond donors (Lipinski definition) is 2. The van der Waals surface area contributed by atoms with Gasteiger partial charge in [0.15, 0.2) is 0 Å². The zero-order chi connectivity index (χ0) is 13.5. The van der Waals surface area contributed by atoms with Crippen molar-refractivity contribution in [2.24, 2.45) is 17.6 Å². The molecule has 100 valence electrons. The molecule has 0 saturated heterocycles. The first-order valence-electron chi connectivity index (χ1n) is 6.46. The van der Waals surface area contributed by atoms with Crippen LogP contribution in [-0.4, -0.2) is 17.4 Å². The van der Waals surface area contributed by atoms with Crippen LogP contribution in [-0.2, 0) is 4.79 Å². The molecule has 0 aliphatic carbocycles. The Labute approximate surface area is 109 Å². The third-order valence-electron chi connectivity index (χ3n) is 2.90. The van der Waals surface area contributed by atoms with Gasteiger partial charge in [0, 0.05) is 12.7 Å². The molecule has 0 aliphatic heterocycles. The van der Waals surface area contributed by atoms with Crippen molar-refractivity contribution in [3.63, 3.8) is 0 Å². The van der Waals surface area contributed by atoms with Gasteiger partial charge in [0.2, 0.25) is 5.91 Å². The quantitative estimate of drug-likeness (QED) is 0.809. The molecule has 0 fully saturated rings. The van der Waals surface area contributed by atoms with Crippen LogP contribution < -0.4 is 11.1 Å². The highest BCUT2D eigenvalue weighted by Gasteiger charge is 2.20. The van der Waals surface area contributed by atoms with Gasteiger partial charge in [-0.2, -0.15) is 0 Å². The van der Waals surface area contributed by atoms with Crippen molar-refractivity contribution in [3.8, 4) is 0 Å². The molecule has 0 spiro atoms. The van der Waals surface area contributed by atoms with E-state index in [2.05, 4.69) is 24.1 Å². The molecule has 18 heavy (non-hydrogen) atoms. The molecule has 1 rings (SSSR count). The van der Waals surface area contributed by atoms with Crippen LogP contribution in [0, 0.1) is 11.8 Å². The molecule has 0 radical (unpaired) electrons. The standard InChI is InChI=1S/C14H23N3O/c1-10(2)8-12(9-15)14(18)17-11(3)13-6-4-5-7-16-13/h4-7,10-12H,8-9,15H2,1-3H3,(H,17,18). The number of nitrogens with two attached hydrogens (primary N) is 1. The van der Waals surface area contributed by atoms with E-state index in [4.69, 9.17) is 5.73 Å². The Balaban J connectivity index is 2.58. The first-order chi connectivity index (χ1) is 8.54. The van der Waals surface area contributed by atoms with E-state index < -0.39 is 0 Å². The maximum Gasteiger partial charge on any atom is 0.224 e. The second-order valence-electron chi connectivity index (χ2n) is 5.05. The predicted octanol–water partition coefficient (Wildman–Crippen LogP) is 1.88. The minimum atomic E-state index is -0.115. The van der Waals surface area contributed by atoms with Crippen molar-refractivity contribution in [2.45, 2.75) is 33.2 Å². The lowest BCUT2D eigenvalue weighted by molar-refractivity contribution is -0.125. The van der Waals surface area contributed by atoms with Crippen molar-refractivity contribution >= 4 is 5.91 Å². The number of carbonyl (C=O) groups excluding carboxylic acids is 1. The molecule has 1 aromatic heterocycles. The largest absolute Gasteiger partial charge is 0.348 e. The average molecular weight is 249 g/mol. The first-order valence-corrected chi connectivity index (χ1v) is 6.46. The maximum atomic E-state index is 12.1. The third-order valence-corrected chi connectivity index (χ3v) is 2.90. The smallest absolute Gasteiger partial charge is 0.224 e. The highest BCUT2D eigenvalue weighted by molar-refractivity contribution is 5.79. The molecule has 0 bridgehead atoms. The molecule has 2 unspecified atom stereocenters. The minimum Gasteiger partial charge on any atom is -0.348 e. The summed E-state index contributed by atoms with van der Waals surface area (Å²) in [6.45, 7) is 6.51. The summed E-state index contributed by atoms with van der Waals surface area (Å²) in [5, 5.41) is 2.97. The fraction of sp³-hybridized carbons (Fsp3) is 0.571. The second-order valence-corrected chi connectivity index (χ2v) is 5.05. The van der Waals surface area contributed by atoms with E-state index in [0.717, 1.165) is 12.1 Å². The fourth-order valence-electron chi connectivity index (χ4n) is 1.92. The van der Waals surface area contributed by atoms with Crippen molar-refractivity contribution in [1.29, 1.82) is 0 Å². The highest BCUT2D eigenvalue weighted by Crippen LogP contribution is 2.14. The molecule has 4 nitrogen and oxygen atoms in total. The van der Waals surface area contributed by atoms with Crippen molar-refractivity contribution < 1.29 is 4.79 Å². The Morgan fingerprint density at radius 1 is 1.39 bits per heavy atom. The van der Waals surface area contributed by atoms with Crippen molar-refractivity contribution in [1.82, 2.24) is 10.3 Å². The zero-order valence-corrected chi connectivity index (χ0v) is 11.4. The number of hydrogen-bond acceptors (Lipinski definition) is 3. The fourth-order valence-corrected chi connectivity index (χ4v) is 1.92. The van der Waals surface area contributed by atoms with Crippen LogP contribution in [0.25, 0.3) is 0 Å². The average Bonchev–Trinajstić information content (AvgIpc) is 2.36. The maximum absolute atomic E-state index is 12.1. The molecule has 0 aromatic carbocycles. The topological polar surface area (TPSA) is 68.0 Å². The summed E-state index contributed by atoms with van der Waals surface area (Å²) in [4.78, 5) is 16.3. The van der Waals surface area contributed by atoms with Gasteiger partial charge in [0.25, 0.3) is 0 Å². The lowest BCUT2D eigenvalue weighted by Gasteiger charge is -2.20. The van der Waals surface area contributed by atoms with Gasteiger partial charge in [-0.05, 0) is 31.4 Å². The number of aromatic nitrogens is 1. The minimum absolute atomic E-state index is 0.0179. The summed E-state index contributed by atoms with van der Waals surface area (Å²) in [6, 6.07) is 5.60. The predicted molar refractivity (Wildman–Crippen MR) is 72.8 cm³/mol. The number of carbonyl (C=O) groups is 1. The van der Waals surface area contributed by atoms with E-state index in [1.807, 2.05) is 25.1 Å². The van der Waals surface area contributed by atoms with Crippen molar-refractivity contribution in [3.05, 3.63) is 30.1 Å². The number of pyridine rings is 1. The molecule has 3 N–H and O–H groups in total. The Morgan fingerprint density at radius 3 is 2.61 bits per heavy atom. The Kier molecular flexibility index (Phi) is 5.78.